The smallest absolute Gasteiger partial charge is 0.310 e. The Morgan fingerprint density at radius 2 is 2.41 bits per heavy atom. The molecular weight excluding hydrogens is 286 g/mol. The Hall–Kier alpha value is -2.34. The lowest BCUT2D eigenvalue weighted by Crippen LogP contribution is -2.39. The van der Waals surface area contributed by atoms with Crippen molar-refractivity contribution in [3.05, 3.63) is 42.4 Å². The number of amides is 1. The van der Waals surface area contributed by atoms with Gasteiger partial charge in [-0.2, -0.15) is 0 Å². The van der Waals surface area contributed by atoms with Gasteiger partial charge >= 0.3 is 5.97 Å². The van der Waals surface area contributed by atoms with E-state index in [4.69, 9.17) is 9.15 Å². The summed E-state index contributed by atoms with van der Waals surface area (Å²) in [5.41, 5.74) is -0.761. The molecule has 2 bridgehead atoms. The number of nitrogens with zero attached hydrogens (tertiary/aromatic N) is 1. The summed E-state index contributed by atoms with van der Waals surface area (Å²) in [6, 6.07) is 3.61. The largest absolute Gasteiger partial charge is 0.481 e. The van der Waals surface area contributed by atoms with Crippen molar-refractivity contribution >= 4 is 18.0 Å². The SMILES string of the molecule is O=C(O)[C@H]1[C@@H]2C=C[C@@]3(CN(C/C=C/c4ccco4)C(=O)[C@@H]13)O2. The first-order valence-electron chi connectivity index (χ1n) is 7.19. The highest BCUT2D eigenvalue weighted by Gasteiger charge is 2.66. The molecule has 3 aliphatic heterocycles. The number of carboxylic acids is 1. The maximum atomic E-state index is 12.6. The van der Waals surface area contributed by atoms with Gasteiger partial charge < -0.3 is 19.2 Å². The lowest BCUT2D eigenvalue weighted by molar-refractivity contribution is -0.147. The minimum absolute atomic E-state index is 0.150. The number of carbonyl (C=O) groups excluding carboxylic acids is 1. The molecule has 1 aromatic heterocycles. The highest BCUT2D eigenvalue weighted by Crippen LogP contribution is 2.51. The van der Waals surface area contributed by atoms with Gasteiger partial charge in [0.25, 0.3) is 0 Å². The van der Waals surface area contributed by atoms with Crippen molar-refractivity contribution in [2.24, 2.45) is 11.8 Å². The number of hydrogen-bond donors (Lipinski definition) is 1. The topological polar surface area (TPSA) is 80.0 Å². The Morgan fingerprint density at radius 1 is 1.55 bits per heavy atom. The summed E-state index contributed by atoms with van der Waals surface area (Å²) in [5, 5.41) is 9.37. The Labute approximate surface area is 126 Å². The van der Waals surface area contributed by atoms with E-state index in [2.05, 4.69) is 0 Å². The van der Waals surface area contributed by atoms with Crippen molar-refractivity contribution < 1.29 is 23.8 Å². The van der Waals surface area contributed by atoms with E-state index in [9.17, 15) is 14.7 Å². The van der Waals surface area contributed by atoms with Gasteiger partial charge in [0.15, 0.2) is 0 Å². The molecule has 4 rings (SSSR count). The number of rotatable bonds is 4. The number of aliphatic carboxylic acids is 1. The molecule has 1 N–H and O–H groups in total. The van der Waals surface area contributed by atoms with E-state index in [0.717, 1.165) is 0 Å². The van der Waals surface area contributed by atoms with Gasteiger partial charge in [-0.3, -0.25) is 9.59 Å². The monoisotopic (exact) mass is 301 g/mol. The van der Waals surface area contributed by atoms with E-state index >= 15 is 0 Å². The molecule has 6 heteroatoms. The van der Waals surface area contributed by atoms with Crippen molar-refractivity contribution in [2.75, 3.05) is 13.1 Å². The molecule has 1 spiro atoms. The Kier molecular flexibility index (Phi) is 2.77. The Morgan fingerprint density at radius 3 is 3.14 bits per heavy atom. The van der Waals surface area contributed by atoms with E-state index < -0.39 is 29.5 Å². The van der Waals surface area contributed by atoms with Gasteiger partial charge in [-0.15, -0.1) is 0 Å². The van der Waals surface area contributed by atoms with E-state index in [0.29, 0.717) is 18.8 Å². The fourth-order valence-electron chi connectivity index (χ4n) is 3.70. The lowest BCUT2D eigenvalue weighted by atomic mass is 9.77. The fourth-order valence-corrected chi connectivity index (χ4v) is 3.70. The Balaban J connectivity index is 1.52. The van der Waals surface area contributed by atoms with Crippen LogP contribution in [-0.2, 0) is 14.3 Å². The highest BCUT2D eigenvalue weighted by molar-refractivity contribution is 5.90. The fraction of sp³-hybridized carbons (Fsp3) is 0.375. The number of ether oxygens (including phenoxy) is 1. The molecule has 114 valence electrons. The first kappa shape index (κ1) is 13.3. The molecule has 2 fully saturated rings. The van der Waals surface area contributed by atoms with Gasteiger partial charge in [0.1, 0.15) is 17.3 Å². The zero-order valence-corrected chi connectivity index (χ0v) is 11.7. The molecular formula is C16H15NO5. The maximum Gasteiger partial charge on any atom is 0.310 e. The van der Waals surface area contributed by atoms with E-state index in [-0.39, 0.29) is 5.91 Å². The Bertz CT molecular complexity index is 677. The van der Waals surface area contributed by atoms with E-state index in [1.165, 1.54) is 0 Å². The molecule has 0 aromatic carbocycles. The maximum absolute atomic E-state index is 12.6. The number of carboxylic acid groups (broad SMARTS) is 1. The van der Waals surface area contributed by atoms with Crippen LogP contribution in [0.4, 0.5) is 0 Å². The van der Waals surface area contributed by atoms with Crippen molar-refractivity contribution in [1.82, 2.24) is 4.90 Å². The predicted octanol–water partition coefficient (Wildman–Crippen LogP) is 1.16. The molecule has 0 aliphatic carbocycles. The minimum Gasteiger partial charge on any atom is -0.481 e. The summed E-state index contributed by atoms with van der Waals surface area (Å²) in [5.74, 6) is -1.80. The third-order valence-corrected chi connectivity index (χ3v) is 4.61. The van der Waals surface area contributed by atoms with Crippen LogP contribution >= 0.6 is 0 Å². The summed E-state index contributed by atoms with van der Waals surface area (Å²) in [4.78, 5) is 25.7. The number of carbonyl (C=O) groups is 2. The molecule has 0 unspecified atom stereocenters. The van der Waals surface area contributed by atoms with Crippen LogP contribution in [0.25, 0.3) is 6.08 Å². The normalized spacial score (nSPS) is 35.7. The van der Waals surface area contributed by atoms with Crippen molar-refractivity contribution in [3.8, 4) is 0 Å². The molecule has 22 heavy (non-hydrogen) atoms. The lowest BCUT2D eigenvalue weighted by Gasteiger charge is -2.21. The standard InChI is InChI=1S/C16H15NO5/c18-14-13-12(15(19)20)11-5-6-16(13,22-11)9-17(14)7-1-3-10-4-2-8-21-10/h1-6,8,11-13H,7,9H2,(H,19,20)/b3-1+/t11-,12-,13+,16-/m0/s1. The average molecular weight is 301 g/mol. The molecule has 1 amide bonds. The number of likely N-dealkylation sites (tertiary alicyclic amines) is 1. The molecule has 0 saturated carbocycles. The quantitative estimate of drug-likeness (QED) is 0.844. The van der Waals surface area contributed by atoms with Crippen LogP contribution in [0.2, 0.25) is 0 Å². The van der Waals surface area contributed by atoms with Gasteiger partial charge in [0.2, 0.25) is 5.91 Å². The van der Waals surface area contributed by atoms with Crippen LogP contribution in [0.3, 0.4) is 0 Å². The van der Waals surface area contributed by atoms with Crippen LogP contribution < -0.4 is 0 Å². The minimum atomic E-state index is -0.970. The second-order valence-electron chi connectivity index (χ2n) is 5.87. The molecule has 3 aliphatic rings. The summed E-state index contributed by atoms with van der Waals surface area (Å²) < 4.78 is 11.0. The van der Waals surface area contributed by atoms with Crippen LogP contribution in [0, 0.1) is 11.8 Å². The van der Waals surface area contributed by atoms with Crippen molar-refractivity contribution in [3.63, 3.8) is 0 Å². The molecule has 4 atom stereocenters. The molecule has 2 saturated heterocycles. The number of hydrogen-bond acceptors (Lipinski definition) is 4. The highest BCUT2D eigenvalue weighted by atomic mass is 16.5. The van der Waals surface area contributed by atoms with Gasteiger partial charge in [-0.1, -0.05) is 18.2 Å². The first-order valence-corrected chi connectivity index (χ1v) is 7.19. The van der Waals surface area contributed by atoms with Crippen molar-refractivity contribution in [2.45, 2.75) is 11.7 Å². The average Bonchev–Trinajstić information content (AvgIpc) is 3.22. The van der Waals surface area contributed by atoms with E-state index in [1.807, 2.05) is 18.2 Å². The van der Waals surface area contributed by atoms with Crippen LogP contribution in [0.15, 0.2) is 41.0 Å². The predicted molar refractivity (Wildman–Crippen MR) is 75.7 cm³/mol. The summed E-state index contributed by atoms with van der Waals surface area (Å²) in [7, 11) is 0. The summed E-state index contributed by atoms with van der Waals surface area (Å²) in [6.45, 7) is 0.807. The van der Waals surface area contributed by atoms with Crippen LogP contribution in [0.1, 0.15) is 5.76 Å². The number of furan rings is 1. The van der Waals surface area contributed by atoms with Gasteiger partial charge in [-0.05, 0) is 18.2 Å². The third-order valence-electron chi connectivity index (χ3n) is 4.61. The first-order chi connectivity index (χ1) is 10.6. The zero-order valence-electron chi connectivity index (χ0n) is 11.7. The summed E-state index contributed by atoms with van der Waals surface area (Å²) in [6.07, 6.45) is 8.36. The second kappa shape index (κ2) is 4.58. The van der Waals surface area contributed by atoms with Gasteiger partial charge in [0, 0.05) is 6.54 Å². The van der Waals surface area contributed by atoms with E-state index in [1.54, 1.807) is 29.4 Å². The van der Waals surface area contributed by atoms with Crippen LogP contribution in [0.5, 0.6) is 0 Å². The van der Waals surface area contributed by atoms with Gasteiger partial charge in [0.05, 0.1) is 24.8 Å². The molecule has 6 nitrogen and oxygen atoms in total. The molecule has 4 heterocycles. The second-order valence-corrected chi connectivity index (χ2v) is 5.87. The number of fused-ring (bicyclic) bond motifs is 1. The molecule has 1 aromatic rings. The van der Waals surface area contributed by atoms with Crippen molar-refractivity contribution in [1.29, 1.82) is 0 Å². The van der Waals surface area contributed by atoms with Crippen LogP contribution in [-0.4, -0.2) is 46.7 Å². The summed E-state index contributed by atoms with van der Waals surface area (Å²) >= 11 is 0. The zero-order chi connectivity index (χ0) is 15.3. The van der Waals surface area contributed by atoms with Gasteiger partial charge in [-0.25, -0.2) is 0 Å². The molecule has 0 radical (unpaired) electrons. The third kappa shape index (κ3) is 1.77.